The smallest absolute Gasteiger partial charge is 0.354 e. The molecule has 6 nitrogen and oxygen atoms in total. The molecule has 0 aliphatic rings. The zero-order valence-electron chi connectivity index (χ0n) is 10.9. The van der Waals surface area contributed by atoms with E-state index in [1.165, 1.54) is 0 Å². The molecule has 0 atom stereocenters. The van der Waals surface area contributed by atoms with Crippen molar-refractivity contribution < 1.29 is 4.99 Å². The molecule has 2 aromatic rings. The number of aromatic nitrogens is 2. The van der Waals surface area contributed by atoms with Crippen LogP contribution < -0.4 is 21.8 Å². The topological polar surface area (TPSA) is 104 Å². The van der Waals surface area contributed by atoms with E-state index in [4.69, 9.17) is 11.5 Å². The summed E-state index contributed by atoms with van der Waals surface area (Å²) in [5, 5.41) is 2.99. The van der Waals surface area contributed by atoms with Gasteiger partial charge in [0.2, 0.25) is 0 Å². The first-order valence-corrected chi connectivity index (χ1v) is 5.87. The number of nitrogens with zero attached hydrogens (tertiary/aromatic N) is 2. The molecule has 98 valence electrons. The number of anilines is 2. The lowest BCUT2D eigenvalue weighted by atomic mass is 10.3. The average molecular weight is 257 g/mol. The number of hydrogen-bond donors (Lipinski definition) is 4. The Kier molecular flexibility index (Phi) is 3.61. The summed E-state index contributed by atoms with van der Waals surface area (Å²) >= 11 is 0. The molecule has 0 unspecified atom stereocenters. The van der Waals surface area contributed by atoms with Crippen LogP contribution in [0.2, 0.25) is 0 Å². The minimum atomic E-state index is 0.343. The van der Waals surface area contributed by atoms with Crippen LogP contribution in [0.25, 0.3) is 0 Å². The van der Waals surface area contributed by atoms with E-state index in [1.54, 1.807) is 6.07 Å². The van der Waals surface area contributed by atoms with Crippen LogP contribution in [0.15, 0.2) is 30.3 Å². The summed E-state index contributed by atoms with van der Waals surface area (Å²) in [5.74, 6) is 0.807. The number of nitrogens with two attached hydrogens (primary N) is 2. The third-order valence-electron chi connectivity index (χ3n) is 2.39. The molecule has 1 heterocycles. The van der Waals surface area contributed by atoms with Crippen molar-refractivity contribution in [3.05, 3.63) is 41.7 Å². The normalized spacial score (nSPS) is 11.4. The molecule has 0 spiro atoms. The summed E-state index contributed by atoms with van der Waals surface area (Å²) < 4.78 is 0. The maximum Gasteiger partial charge on any atom is 0.354 e. The summed E-state index contributed by atoms with van der Waals surface area (Å²) in [4.78, 5) is 11.4. The molecule has 0 saturated carbocycles. The number of guanidine groups is 1. The predicted octanol–water partition coefficient (Wildman–Crippen LogP) is -0.185. The van der Waals surface area contributed by atoms with E-state index in [0.717, 1.165) is 17.1 Å². The number of benzene rings is 1. The fraction of sp³-hybridized carbons (Fsp3) is 0.154. The Hall–Kier alpha value is -2.63. The van der Waals surface area contributed by atoms with Crippen molar-refractivity contribution >= 4 is 23.3 Å². The van der Waals surface area contributed by atoms with Crippen LogP contribution in [0.5, 0.6) is 0 Å². The van der Waals surface area contributed by atoms with Gasteiger partial charge in [-0.15, -0.1) is 9.97 Å². The van der Waals surface area contributed by atoms with Crippen molar-refractivity contribution in [2.24, 2.45) is 5.73 Å². The Bertz CT molecular complexity index is 600. The summed E-state index contributed by atoms with van der Waals surface area (Å²) in [5.41, 5.74) is 14.8. The molecule has 2 rings (SSSR count). The van der Waals surface area contributed by atoms with E-state index < -0.39 is 0 Å². The van der Waals surface area contributed by atoms with Crippen LogP contribution >= 0.6 is 0 Å². The third kappa shape index (κ3) is 3.67. The number of aryl methyl sites for hydroxylation is 2. The zero-order chi connectivity index (χ0) is 13.8. The lowest BCUT2D eigenvalue weighted by molar-refractivity contribution is -0.365. The van der Waals surface area contributed by atoms with Gasteiger partial charge in [0, 0.05) is 11.8 Å². The zero-order valence-corrected chi connectivity index (χ0v) is 10.9. The molecule has 0 saturated heterocycles. The molecule has 6 heteroatoms. The number of nitrogens with one attached hydrogen (secondary N) is 2. The van der Waals surface area contributed by atoms with Gasteiger partial charge in [0.1, 0.15) is 0 Å². The second-order valence-electron chi connectivity index (χ2n) is 4.26. The van der Waals surface area contributed by atoms with Gasteiger partial charge in [-0.25, -0.2) is 4.99 Å². The second kappa shape index (κ2) is 5.34. The maximum atomic E-state index is 5.86. The van der Waals surface area contributed by atoms with Gasteiger partial charge in [-0.1, -0.05) is 6.07 Å². The van der Waals surface area contributed by atoms with Gasteiger partial charge in [0.05, 0.1) is 17.1 Å². The van der Waals surface area contributed by atoms with E-state index in [9.17, 15) is 0 Å². The molecule has 1 aromatic heterocycles. The summed E-state index contributed by atoms with van der Waals surface area (Å²) in [6, 6.07) is 9.21. The van der Waals surface area contributed by atoms with Crippen LogP contribution in [0.4, 0.5) is 17.3 Å². The molecular weight excluding hydrogens is 240 g/mol. The van der Waals surface area contributed by atoms with Crippen molar-refractivity contribution in [2.45, 2.75) is 13.8 Å². The standard InChI is InChI=1S/C13H16N6/c1-8-6-9(2)17-13(16-8)19-12(15)18-11-5-3-4-10(14)7-11/h3-7H,14H2,1-2H3,(H3,15,16,17,18,19)/p+1. The molecule has 19 heavy (non-hydrogen) atoms. The molecule has 1 aromatic carbocycles. The molecule has 0 aliphatic heterocycles. The average Bonchev–Trinajstić information content (AvgIpc) is 2.26. The van der Waals surface area contributed by atoms with Gasteiger partial charge < -0.3 is 11.5 Å². The predicted molar refractivity (Wildman–Crippen MR) is 75.8 cm³/mol. The molecule has 0 amide bonds. The van der Waals surface area contributed by atoms with E-state index in [1.807, 2.05) is 38.1 Å². The Morgan fingerprint density at radius 2 is 1.84 bits per heavy atom. The number of rotatable bonds is 2. The van der Waals surface area contributed by atoms with E-state index >= 15 is 0 Å². The molecule has 6 N–H and O–H groups in total. The fourth-order valence-electron chi connectivity index (χ4n) is 1.71. The Balaban J connectivity index is 2.19. The minimum Gasteiger partial charge on any atom is -0.399 e. The lowest BCUT2D eigenvalue weighted by Gasteiger charge is -2.02. The maximum absolute atomic E-state index is 5.86. The molecule has 0 bridgehead atoms. The largest absolute Gasteiger partial charge is 0.399 e. The van der Waals surface area contributed by atoms with Gasteiger partial charge in [-0.3, -0.25) is 5.32 Å². The fourth-order valence-corrected chi connectivity index (χ4v) is 1.71. The first-order valence-electron chi connectivity index (χ1n) is 5.87. The van der Waals surface area contributed by atoms with Gasteiger partial charge >= 0.3 is 5.95 Å². The van der Waals surface area contributed by atoms with Gasteiger partial charge in [-0.2, -0.15) is 0 Å². The summed E-state index contributed by atoms with van der Waals surface area (Å²) in [6.07, 6.45) is 0. The summed E-state index contributed by atoms with van der Waals surface area (Å²) in [7, 11) is 0. The number of nitrogen functional groups attached to an aromatic ring is 1. The van der Waals surface area contributed by atoms with Crippen molar-refractivity contribution in [2.75, 3.05) is 11.1 Å². The highest BCUT2D eigenvalue weighted by atomic mass is 15.2. The second-order valence-corrected chi connectivity index (χ2v) is 4.26. The molecule has 0 aliphatic carbocycles. The minimum absolute atomic E-state index is 0.343. The van der Waals surface area contributed by atoms with Crippen molar-refractivity contribution in [1.29, 1.82) is 0 Å². The highest BCUT2D eigenvalue weighted by Gasteiger charge is 2.05. The van der Waals surface area contributed by atoms with Gasteiger partial charge in [0.25, 0.3) is 5.96 Å². The number of hydrogen-bond acceptors (Lipinski definition) is 3. The molecule has 0 fully saturated rings. The SMILES string of the molecule is Cc1cc(C)nc([NH+]=C(N)Nc2cccc(N)c2)n1. The van der Waals surface area contributed by atoms with E-state index in [2.05, 4.69) is 20.3 Å². The Morgan fingerprint density at radius 3 is 2.47 bits per heavy atom. The van der Waals surface area contributed by atoms with Crippen molar-refractivity contribution in [1.82, 2.24) is 9.97 Å². The first kappa shape index (κ1) is 12.8. The van der Waals surface area contributed by atoms with E-state index in [0.29, 0.717) is 17.6 Å². The van der Waals surface area contributed by atoms with Crippen LogP contribution in [0.3, 0.4) is 0 Å². The highest BCUT2D eigenvalue weighted by Crippen LogP contribution is 2.10. The molecule has 0 radical (unpaired) electrons. The van der Waals surface area contributed by atoms with Gasteiger partial charge in [0.15, 0.2) is 0 Å². The third-order valence-corrected chi connectivity index (χ3v) is 2.39. The Labute approximate surface area is 111 Å². The van der Waals surface area contributed by atoms with Crippen molar-refractivity contribution in [3.8, 4) is 0 Å². The van der Waals surface area contributed by atoms with Crippen LogP contribution in [0, 0.1) is 13.8 Å². The van der Waals surface area contributed by atoms with Gasteiger partial charge in [-0.05, 0) is 32.0 Å². The highest BCUT2D eigenvalue weighted by molar-refractivity contribution is 5.88. The van der Waals surface area contributed by atoms with Crippen LogP contribution in [0.1, 0.15) is 11.4 Å². The summed E-state index contributed by atoms with van der Waals surface area (Å²) in [6.45, 7) is 3.81. The molecular formula is C13H17N6+. The quantitative estimate of drug-likeness (QED) is 0.339. The monoisotopic (exact) mass is 257 g/mol. The first-order chi connectivity index (χ1) is 9.02. The van der Waals surface area contributed by atoms with Crippen LogP contribution in [-0.4, -0.2) is 15.9 Å². The Morgan fingerprint density at radius 1 is 1.16 bits per heavy atom. The van der Waals surface area contributed by atoms with Crippen LogP contribution in [-0.2, 0) is 0 Å². The van der Waals surface area contributed by atoms with E-state index in [-0.39, 0.29) is 0 Å². The lowest BCUT2D eigenvalue weighted by Crippen LogP contribution is -2.72. The van der Waals surface area contributed by atoms with Crippen molar-refractivity contribution in [3.63, 3.8) is 0 Å².